The summed E-state index contributed by atoms with van der Waals surface area (Å²) < 4.78 is 40.4. The average molecular weight is 501 g/mol. The summed E-state index contributed by atoms with van der Waals surface area (Å²) in [6, 6.07) is -0.162. The Kier molecular flexibility index (Phi) is 6.16. The van der Waals surface area contributed by atoms with Gasteiger partial charge in [0, 0.05) is 18.2 Å². The molecule has 0 N–H and O–H groups in total. The number of anilines is 1. The van der Waals surface area contributed by atoms with Gasteiger partial charge in [0.25, 0.3) is 0 Å². The highest BCUT2D eigenvalue weighted by molar-refractivity contribution is 7.90. The minimum absolute atomic E-state index is 0.0254. The van der Waals surface area contributed by atoms with Gasteiger partial charge in [-0.15, -0.1) is 0 Å². The van der Waals surface area contributed by atoms with Gasteiger partial charge in [0.05, 0.1) is 12.1 Å². The van der Waals surface area contributed by atoms with Crippen LogP contribution in [0.4, 0.5) is 10.2 Å². The van der Waals surface area contributed by atoms with Crippen LogP contribution in [0.5, 0.6) is 5.88 Å². The summed E-state index contributed by atoms with van der Waals surface area (Å²) in [5.74, 6) is -0.115. The van der Waals surface area contributed by atoms with Gasteiger partial charge in [0.15, 0.2) is 25.1 Å². The van der Waals surface area contributed by atoms with Crippen LogP contribution in [0.1, 0.15) is 40.0 Å². The van der Waals surface area contributed by atoms with Crippen molar-refractivity contribution in [3.05, 3.63) is 11.0 Å². The van der Waals surface area contributed by atoms with Crippen molar-refractivity contribution < 1.29 is 18.1 Å². The lowest BCUT2D eigenvalue weighted by atomic mass is 9.89. The molecular weight excluding hydrogens is 471 g/mol. The third-order valence-corrected chi connectivity index (χ3v) is 12.4. The molecule has 7 nitrogen and oxygen atoms in total. The molecule has 4 rings (SSSR count). The fraction of sp³-hybridized carbons (Fsp3) is 0.667. The van der Waals surface area contributed by atoms with Crippen LogP contribution in [0.2, 0.25) is 23.3 Å². The van der Waals surface area contributed by atoms with E-state index >= 15 is 0 Å². The van der Waals surface area contributed by atoms with Gasteiger partial charge >= 0.3 is 5.16 Å². The fourth-order valence-corrected chi connectivity index (χ4v) is 6.21. The molecule has 0 bridgehead atoms. The molecule has 1 aliphatic heterocycles. The molecule has 11 heteroatoms. The summed E-state index contributed by atoms with van der Waals surface area (Å²) >= 11 is 4.57. The van der Waals surface area contributed by atoms with E-state index in [-0.39, 0.29) is 45.0 Å². The summed E-state index contributed by atoms with van der Waals surface area (Å²) in [6.07, 6.45) is 3.79. The molecule has 32 heavy (non-hydrogen) atoms. The molecule has 4 unspecified atom stereocenters. The van der Waals surface area contributed by atoms with Crippen LogP contribution in [0.15, 0.2) is 5.16 Å². The number of hydrogen-bond acceptors (Lipinski definition) is 7. The summed E-state index contributed by atoms with van der Waals surface area (Å²) in [7, 11) is -0.161. The molecule has 1 saturated carbocycles. The molecule has 2 aromatic heterocycles. The number of ether oxygens (including phenoxy) is 1. The molecular formula is C21H30ClFN4O3SSi. The van der Waals surface area contributed by atoms with Gasteiger partial charge in [-0.1, -0.05) is 32.4 Å². The molecule has 176 valence electrons. The number of aromatic nitrogens is 3. The molecule has 2 aromatic rings. The third kappa shape index (κ3) is 3.98. The first-order chi connectivity index (χ1) is 14.8. The Labute approximate surface area is 197 Å². The van der Waals surface area contributed by atoms with E-state index in [1.54, 1.807) is 0 Å². The van der Waals surface area contributed by atoms with Crippen molar-refractivity contribution in [2.24, 2.45) is 0 Å². The van der Waals surface area contributed by atoms with Crippen molar-refractivity contribution in [1.82, 2.24) is 15.0 Å². The third-order valence-electron chi connectivity index (χ3n) is 6.96. The summed E-state index contributed by atoms with van der Waals surface area (Å²) in [5.41, 5.74) is -0.0254. The largest absolute Gasteiger partial charge is 0.609 e. The number of fused-ring (bicyclic) bond motifs is 1. The maximum absolute atomic E-state index is 14.9. The summed E-state index contributed by atoms with van der Waals surface area (Å²) in [6.45, 7) is 11.1. The summed E-state index contributed by atoms with van der Waals surface area (Å²) in [5, 5.41) is 0.127. The van der Waals surface area contributed by atoms with Crippen molar-refractivity contribution in [1.29, 1.82) is 0 Å². The predicted molar refractivity (Wildman–Crippen MR) is 127 cm³/mol. The molecule has 3 heterocycles. The van der Waals surface area contributed by atoms with Gasteiger partial charge < -0.3 is 18.6 Å². The number of likely N-dealkylation sites (N-methyl/N-ethyl adjacent to an activating group) is 1. The Balaban J connectivity index is 1.87. The molecule has 0 amide bonds. The lowest BCUT2D eigenvalue weighted by molar-refractivity contribution is 0.0353. The van der Waals surface area contributed by atoms with E-state index in [0.717, 1.165) is 19.3 Å². The van der Waals surface area contributed by atoms with E-state index in [2.05, 4.69) is 48.8 Å². The minimum atomic E-state index is -2.06. The van der Waals surface area contributed by atoms with Gasteiger partial charge in [-0.2, -0.15) is 15.0 Å². The number of nitrogens with zero attached hydrogens (tertiary/aromatic N) is 4. The molecule has 4 atom stereocenters. The normalized spacial score (nSPS) is 24.7. The molecule has 2 aliphatic rings. The second-order valence-electron chi connectivity index (χ2n) is 10.1. The van der Waals surface area contributed by atoms with Crippen molar-refractivity contribution in [3.8, 4) is 5.88 Å². The van der Waals surface area contributed by atoms with Crippen LogP contribution in [-0.4, -0.2) is 59.4 Å². The Hall–Kier alpha value is -1.20. The zero-order valence-corrected chi connectivity index (χ0v) is 22.1. The van der Waals surface area contributed by atoms with Crippen LogP contribution in [0.3, 0.4) is 0 Å². The second kappa shape index (κ2) is 8.23. The van der Waals surface area contributed by atoms with Crippen molar-refractivity contribution >= 4 is 47.8 Å². The van der Waals surface area contributed by atoms with E-state index in [0.29, 0.717) is 11.2 Å². The smallest absolute Gasteiger partial charge is 0.345 e. The monoisotopic (exact) mass is 500 g/mol. The average Bonchev–Trinajstić information content (AvgIpc) is 2.80. The fourth-order valence-electron chi connectivity index (χ4n) is 4.24. The number of hydrogen-bond donors (Lipinski definition) is 0. The maximum atomic E-state index is 14.9. The SMILES string of the molecule is CN1c2nc([S+](C)[O-])nc3c(F)c(Cl)nc(c23)OC2CCCC(O[Si](C)(C)C(C)(C)C)C21. The number of rotatable bonds is 3. The Morgan fingerprint density at radius 2 is 1.94 bits per heavy atom. The topological polar surface area (TPSA) is 83.4 Å². The van der Waals surface area contributed by atoms with Crippen LogP contribution in [-0.2, 0) is 15.6 Å². The first-order valence-corrected chi connectivity index (χ1v) is 15.6. The lowest BCUT2D eigenvalue weighted by Crippen LogP contribution is -2.58. The van der Waals surface area contributed by atoms with Gasteiger partial charge in [-0.05, 0) is 37.4 Å². The van der Waals surface area contributed by atoms with Crippen LogP contribution >= 0.6 is 11.6 Å². The van der Waals surface area contributed by atoms with Crippen LogP contribution in [0, 0.1) is 5.82 Å². The molecule has 0 radical (unpaired) electrons. The second-order valence-corrected chi connectivity index (χ2v) is 16.5. The van der Waals surface area contributed by atoms with E-state index in [4.69, 9.17) is 20.8 Å². The molecule has 0 spiro atoms. The molecule has 0 saturated heterocycles. The number of halogens is 2. The van der Waals surface area contributed by atoms with Crippen molar-refractivity contribution in [2.75, 3.05) is 18.2 Å². The van der Waals surface area contributed by atoms with Gasteiger partial charge in [-0.25, -0.2) is 4.39 Å². The Morgan fingerprint density at radius 1 is 1.25 bits per heavy atom. The first kappa shape index (κ1) is 23.9. The predicted octanol–water partition coefficient (Wildman–Crippen LogP) is 4.69. The molecule has 1 aliphatic carbocycles. The number of pyridine rings is 1. The standard InChI is InChI=1S/C21H30ClFN4O3SSi/c1-21(2,3)32(6,7)30-12-10-8-9-11-16(12)27(4)18-13-15(24-20(26-18)31(5)28)14(23)17(22)25-19(13)29-11/h11-12,16H,8-10H2,1-7H3. The van der Waals surface area contributed by atoms with E-state index < -0.39 is 25.3 Å². The van der Waals surface area contributed by atoms with Gasteiger partial charge in [-0.3, -0.25) is 0 Å². The summed E-state index contributed by atoms with van der Waals surface area (Å²) in [4.78, 5) is 14.9. The van der Waals surface area contributed by atoms with Crippen LogP contribution in [0.25, 0.3) is 10.9 Å². The highest BCUT2D eigenvalue weighted by atomic mass is 35.5. The van der Waals surface area contributed by atoms with Crippen molar-refractivity contribution in [2.45, 2.75) is 81.6 Å². The lowest BCUT2D eigenvalue weighted by Gasteiger charge is -2.47. The van der Waals surface area contributed by atoms with E-state index in [9.17, 15) is 8.94 Å². The zero-order chi connectivity index (χ0) is 23.6. The Bertz CT molecular complexity index is 1050. The van der Waals surface area contributed by atoms with Gasteiger partial charge in [0.2, 0.25) is 5.88 Å². The van der Waals surface area contributed by atoms with Crippen molar-refractivity contribution in [3.63, 3.8) is 0 Å². The molecule has 0 aromatic carbocycles. The van der Waals surface area contributed by atoms with Crippen LogP contribution < -0.4 is 9.64 Å². The maximum Gasteiger partial charge on any atom is 0.345 e. The highest BCUT2D eigenvalue weighted by Crippen LogP contribution is 2.44. The molecule has 1 fully saturated rings. The minimum Gasteiger partial charge on any atom is -0.609 e. The van der Waals surface area contributed by atoms with Gasteiger partial charge in [0.1, 0.15) is 23.3 Å². The quantitative estimate of drug-likeness (QED) is 0.261. The highest BCUT2D eigenvalue weighted by Gasteiger charge is 2.47. The Morgan fingerprint density at radius 3 is 2.56 bits per heavy atom. The van der Waals surface area contributed by atoms with E-state index in [1.165, 1.54) is 6.26 Å². The van der Waals surface area contributed by atoms with E-state index in [1.807, 2.05) is 11.9 Å². The zero-order valence-electron chi connectivity index (χ0n) is 19.5. The first-order valence-electron chi connectivity index (χ1n) is 10.8.